The third kappa shape index (κ3) is 11.4. The highest BCUT2D eigenvalue weighted by Crippen LogP contribution is 2.45. The lowest BCUT2D eigenvalue weighted by Crippen LogP contribution is -2.37. The van der Waals surface area contributed by atoms with Gasteiger partial charge < -0.3 is 29.5 Å². The Balaban J connectivity index is 0.000000268. The minimum absolute atomic E-state index is 0.0424. The Kier molecular flexibility index (Phi) is 16.9. The van der Waals surface area contributed by atoms with Crippen LogP contribution in [0.5, 0.6) is 0 Å². The normalized spacial score (nSPS) is 18.2. The molecule has 1 amide bonds. The highest BCUT2D eigenvalue weighted by molar-refractivity contribution is 7.21. The molecule has 6 heterocycles. The number of carbonyl (C=O) groups excluding carboxylic acids is 3. The molecule has 3 aromatic rings. The van der Waals surface area contributed by atoms with Crippen molar-refractivity contribution in [2.75, 3.05) is 68.0 Å². The topological polar surface area (TPSA) is 117 Å². The number of halogens is 2. The minimum atomic E-state index is -0.454. The first-order valence-corrected chi connectivity index (χ1v) is 20.5. The molecule has 3 saturated heterocycles. The number of anilines is 3. The standard InChI is InChI=1S/C19H25ClN4O2S2.C14H17ClN2O3.2C2H6/c1-19(2,3)26-18(25)24-8-11-6-23(7-12(11)9-24)16-15(22-17(21-4)28-16)14-5-13(20)10-27-14;1-2-20-14(19)11-3-5-17(6-4-11)13-12(15)7-10(9-18)8-16-13;2*1-2/h5,10-12H,6-9H2,1-4H3,(H,21,22);7-9,11H,2-6H2,1H3;2*1-2H3. The summed E-state index contributed by atoms with van der Waals surface area (Å²) in [4.78, 5) is 51.1. The number of likely N-dealkylation sites (tertiary alicyclic amines) is 1. The third-order valence-electron chi connectivity index (χ3n) is 8.44. The minimum Gasteiger partial charge on any atom is -0.466 e. The van der Waals surface area contributed by atoms with Crippen LogP contribution < -0.4 is 15.1 Å². The molecule has 2 atom stereocenters. The van der Waals surface area contributed by atoms with Crippen LogP contribution in [0.3, 0.4) is 0 Å². The van der Waals surface area contributed by atoms with Crippen LogP contribution in [0.1, 0.15) is 78.6 Å². The number of pyridine rings is 1. The third-order valence-corrected chi connectivity index (χ3v) is 11.1. The van der Waals surface area contributed by atoms with Gasteiger partial charge in [0.2, 0.25) is 0 Å². The Morgan fingerprint density at radius 3 is 2.15 bits per heavy atom. The highest BCUT2D eigenvalue weighted by Gasteiger charge is 2.44. The predicted molar refractivity (Wildman–Crippen MR) is 216 cm³/mol. The number of nitrogens with zero attached hydrogens (tertiary/aromatic N) is 5. The van der Waals surface area contributed by atoms with E-state index in [9.17, 15) is 14.4 Å². The van der Waals surface area contributed by atoms with Crippen LogP contribution in [-0.2, 0) is 14.3 Å². The van der Waals surface area contributed by atoms with Crippen molar-refractivity contribution in [3.63, 3.8) is 0 Å². The fourth-order valence-corrected chi connectivity index (χ4v) is 8.57. The number of amides is 1. The van der Waals surface area contributed by atoms with Crippen molar-refractivity contribution >= 4 is 80.2 Å². The zero-order chi connectivity index (χ0) is 38.6. The molecule has 288 valence electrons. The van der Waals surface area contributed by atoms with E-state index in [1.54, 1.807) is 28.7 Å². The smallest absolute Gasteiger partial charge is 0.410 e. The Bertz CT molecular complexity index is 1590. The molecule has 0 radical (unpaired) electrons. The van der Waals surface area contributed by atoms with Crippen LogP contribution in [0.2, 0.25) is 10.0 Å². The van der Waals surface area contributed by atoms with Crippen molar-refractivity contribution in [2.45, 2.75) is 73.8 Å². The number of aromatic nitrogens is 2. The lowest BCUT2D eigenvalue weighted by atomic mass is 9.97. The molecule has 0 aliphatic carbocycles. The van der Waals surface area contributed by atoms with Gasteiger partial charge in [-0.2, -0.15) is 0 Å². The summed E-state index contributed by atoms with van der Waals surface area (Å²) < 4.78 is 10.6. The van der Waals surface area contributed by atoms with Gasteiger partial charge in [-0.25, -0.2) is 14.8 Å². The van der Waals surface area contributed by atoms with Crippen LogP contribution in [0.4, 0.5) is 20.7 Å². The van der Waals surface area contributed by atoms with E-state index >= 15 is 0 Å². The molecule has 3 aliphatic heterocycles. The first-order chi connectivity index (χ1) is 24.9. The fourth-order valence-electron chi connectivity index (χ4n) is 6.20. The van der Waals surface area contributed by atoms with Gasteiger partial charge in [-0.1, -0.05) is 62.2 Å². The second kappa shape index (κ2) is 20.4. The average molecular weight is 798 g/mol. The molecule has 0 saturated carbocycles. The van der Waals surface area contributed by atoms with Gasteiger partial charge in [-0.3, -0.25) is 9.59 Å². The first-order valence-electron chi connectivity index (χ1n) is 18.1. The van der Waals surface area contributed by atoms with E-state index in [-0.39, 0.29) is 18.0 Å². The summed E-state index contributed by atoms with van der Waals surface area (Å²) in [6, 6.07) is 3.58. The number of ether oxygens (including phenoxy) is 2. The number of rotatable bonds is 7. The first kappa shape index (κ1) is 43.3. The number of thiophene rings is 1. The summed E-state index contributed by atoms with van der Waals surface area (Å²) in [6.45, 7) is 20.7. The number of aldehydes is 1. The van der Waals surface area contributed by atoms with Gasteiger partial charge in [-0.05, 0) is 52.7 Å². The van der Waals surface area contributed by atoms with Gasteiger partial charge in [0.25, 0.3) is 0 Å². The van der Waals surface area contributed by atoms with Gasteiger partial charge in [-0.15, -0.1) is 11.3 Å². The molecule has 3 aromatic heterocycles. The fraction of sp³-hybridized carbons (Fsp3) is 0.595. The van der Waals surface area contributed by atoms with Gasteiger partial charge >= 0.3 is 12.1 Å². The molecule has 52 heavy (non-hydrogen) atoms. The lowest BCUT2D eigenvalue weighted by Gasteiger charge is -2.32. The number of nitrogens with one attached hydrogen (secondary N) is 1. The average Bonchev–Trinajstić information content (AvgIpc) is 3.93. The summed E-state index contributed by atoms with van der Waals surface area (Å²) in [5, 5.41) is 8.40. The molecule has 3 fully saturated rings. The molecule has 0 aromatic carbocycles. The summed E-state index contributed by atoms with van der Waals surface area (Å²) in [5.41, 5.74) is 1.000. The Morgan fingerprint density at radius 1 is 1.02 bits per heavy atom. The van der Waals surface area contributed by atoms with Crippen LogP contribution >= 0.6 is 45.9 Å². The van der Waals surface area contributed by atoms with E-state index in [1.165, 1.54) is 11.2 Å². The van der Waals surface area contributed by atoms with Gasteiger partial charge in [0.1, 0.15) is 22.1 Å². The zero-order valence-corrected chi connectivity index (χ0v) is 35.0. The largest absolute Gasteiger partial charge is 0.466 e. The highest BCUT2D eigenvalue weighted by atomic mass is 35.5. The Morgan fingerprint density at radius 2 is 1.65 bits per heavy atom. The van der Waals surface area contributed by atoms with Gasteiger partial charge in [0.05, 0.1) is 27.4 Å². The van der Waals surface area contributed by atoms with E-state index in [1.807, 2.05) is 83.7 Å². The number of piperidine rings is 1. The maximum atomic E-state index is 12.4. The number of hydrogen-bond acceptors (Lipinski definition) is 12. The molecular formula is C37H54Cl2N6O5S2. The summed E-state index contributed by atoms with van der Waals surface area (Å²) >= 11 is 15.6. The van der Waals surface area contributed by atoms with Crippen LogP contribution in [-0.4, -0.2) is 91.7 Å². The monoisotopic (exact) mass is 796 g/mol. The van der Waals surface area contributed by atoms with Crippen molar-refractivity contribution in [1.82, 2.24) is 14.9 Å². The number of fused-ring (bicyclic) bond motifs is 1. The van der Waals surface area contributed by atoms with Gasteiger partial charge in [0, 0.05) is 75.3 Å². The molecule has 0 spiro atoms. The maximum absolute atomic E-state index is 12.4. The SMILES string of the molecule is CC.CC.CCOC(=O)C1CCN(c2ncc(C=O)cc2Cl)CC1.CNc1nc(-c2cc(Cl)cs2)c(N2CC3CN(C(=O)OC(C)(C)C)CC3C2)s1. The lowest BCUT2D eigenvalue weighted by molar-refractivity contribution is -0.148. The van der Waals surface area contributed by atoms with Crippen LogP contribution in [0.25, 0.3) is 10.6 Å². The molecule has 3 aliphatic rings. The quantitative estimate of drug-likeness (QED) is 0.183. The van der Waals surface area contributed by atoms with E-state index in [0.717, 1.165) is 66.0 Å². The van der Waals surface area contributed by atoms with Crippen LogP contribution in [0.15, 0.2) is 23.7 Å². The molecular weight excluding hydrogens is 743 g/mol. The summed E-state index contributed by atoms with van der Waals surface area (Å²) in [7, 11) is 1.89. The van der Waals surface area contributed by atoms with E-state index in [0.29, 0.717) is 47.9 Å². The van der Waals surface area contributed by atoms with E-state index in [4.69, 9.17) is 37.7 Å². The zero-order valence-electron chi connectivity index (χ0n) is 31.8. The Labute approximate surface area is 327 Å². The molecule has 11 nitrogen and oxygen atoms in total. The summed E-state index contributed by atoms with van der Waals surface area (Å²) in [6.07, 6.45) is 3.48. The number of carbonyl (C=O) groups is 3. The van der Waals surface area contributed by atoms with Crippen LogP contribution in [0, 0.1) is 17.8 Å². The van der Waals surface area contributed by atoms with Gasteiger partial charge in [0.15, 0.2) is 11.4 Å². The molecule has 0 bridgehead atoms. The predicted octanol–water partition coefficient (Wildman–Crippen LogP) is 9.25. The van der Waals surface area contributed by atoms with Crippen molar-refractivity contribution in [1.29, 1.82) is 0 Å². The molecule has 2 unspecified atom stereocenters. The Hall–Kier alpha value is -3.13. The van der Waals surface area contributed by atoms with Crippen molar-refractivity contribution in [2.24, 2.45) is 17.8 Å². The van der Waals surface area contributed by atoms with Crippen molar-refractivity contribution in [3.8, 4) is 10.6 Å². The molecule has 1 N–H and O–H groups in total. The summed E-state index contributed by atoms with van der Waals surface area (Å²) in [5.74, 6) is 1.43. The molecule has 15 heteroatoms. The van der Waals surface area contributed by atoms with Crippen molar-refractivity contribution < 1.29 is 23.9 Å². The second-order valence-electron chi connectivity index (χ2n) is 13.1. The van der Waals surface area contributed by atoms with E-state index in [2.05, 4.69) is 15.2 Å². The molecule has 6 rings (SSSR count). The number of esters is 1. The van der Waals surface area contributed by atoms with Crippen molar-refractivity contribution in [3.05, 3.63) is 39.3 Å². The number of hydrogen-bond donors (Lipinski definition) is 1. The van der Waals surface area contributed by atoms with E-state index < -0.39 is 5.60 Å². The maximum Gasteiger partial charge on any atom is 0.410 e. The number of thiazole rings is 1. The second-order valence-corrected chi connectivity index (χ2v) is 15.8.